The van der Waals surface area contributed by atoms with Gasteiger partial charge in [-0.3, -0.25) is 9.69 Å². The van der Waals surface area contributed by atoms with Crippen LogP contribution in [0.5, 0.6) is 0 Å². The lowest BCUT2D eigenvalue weighted by atomic mass is 10.1. The minimum atomic E-state index is 0.0741. The maximum Gasteiger partial charge on any atom is 0.234 e. The van der Waals surface area contributed by atoms with Gasteiger partial charge in [-0.1, -0.05) is 25.1 Å². The van der Waals surface area contributed by atoms with Crippen LogP contribution >= 0.6 is 0 Å². The molecule has 0 aliphatic carbocycles. The molecule has 1 rings (SSSR count). The number of carbonyl (C=O) groups is 1. The van der Waals surface area contributed by atoms with Gasteiger partial charge in [0.05, 0.1) is 6.54 Å². The zero-order valence-electron chi connectivity index (χ0n) is 12.1. The number of benzene rings is 1. The molecule has 0 saturated carbocycles. The summed E-state index contributed by atoms with van der Waals surface area (Å²) in [6, 6.07) is 8.10. The minimum absolute atomic E-state index is 0.0741. The van der Waals surface area contributed by atoms with Gasteiger partial charge in [-0.05, 0) is 31.9 Å². The standard InChI is InChI=1S/C15H25N3O/c1-4-9-17-15(19)11-18(12(2)3)10-13-7-5-6-8-14(13)16/h5-8,12H,4,9-11,16H2,1-3H3,(H,17,19). The first kappa shape index (κ1) is 15.5. The Morgan fingerprint density at radius 3 is 2.63 bits per heavy atom. The molecule has 0 unspecified atom stereocenters. The molecule has 1 aromatic carbocycles. The predicted molar refractivity (Wildman–Crippen MR) is 79.7 cm³/mol. The smallest absolute Gasteiger partial charge is 0.234 e. The van der Waals surface area contributed by atoms with E-state index in [9.17, 15) is 4.79 Å². The zero-order valence-corrected chi connectivity index (χ0v) is 12.1. The fourth-order valence-corrected chi connectivity index (χ4v) is 1.82. The summed E-state index contributed by atoms with van der Waals surface area (Å²) in [4.78, 5) is 13.9. The van der Waals surface area contributed by atoms with Crippen LogP contribution < -0.4 is 11.1 Å². The van der Waals surface area contributed by atoms with Crippen molar-refractivity contribution >= 4 is 11.6 Å². The second-order valence-electron chi connectivity index (χ2n) is 5.05. The molecule has 0 aromatic heterocycles. The molecule has 4 heteroatoms. The van der Waals surface area contributed by atoms with Gasteiger partial charge in [0.1, 0.15) is 0 Å². The van der Waals surface area contributed by atoms with Crippen molar-refractivity contribution in [3.05, 3.63) is 29.8 Å². The third-order valence-electron chi connectivity index (χ3n) is 3.08. The number of hydrogen-bond donors (Lipinski definition) is 2. The first-order valence-corrected chi connectivity index (χ1v) is 6.88. The molecule has 0 atom stereocenters. The summed E-state index contributed by atoms with van der Waals surface area (Å²) in [5.41, 5.74) is 7.80. The minimum Gasteiger partial charge on any atom is -0.398 e. The fourth-order valence-electron chi connectivity index (χ4n) is 1.82. The molecule has 3 N–H and O–H groups in total. The van der Waals surface area contributed by atoms with E-state index >= 15 is 0 Å². The Morgan fingerprint density at radius 2 is 2.05 bits per heavy atom. The Labute approximate surface area is 116 Å². The summed E-state index contributed by atoms with van der Waals surface area (Å²) in [5.74, 6) is 0.0741. The van der Waals surface area contributed by atoms with Gasteiger partial charge in [0.15, 0.2) is 0 Å². The summed E-state index contributed by atoms with van der Waals surface area (Å²) >= 11 is 0. The van der Waals surface area contributed by atoms with Gasteiger partial charge >= 0.3 is 0 Å². The molecule has 0 aliphatic rings. The van der Waals surface area contributed by atoms with Crippen molar-refractivity contribution in [1.29, 1.82) is 0 Å². The Kier molecular flexibility index (Phi) is 6.36. The number of nitrogens with two attached hydrogens (primary N) is 1. The summed E-state index contributed by atoms with van der Waals surface area (Å²) in [7, 11) is 0. The van der Waals surface area contributed by atoms with Crippen molar-refractivity contribution in [1.82, 2.24) is 10.2 Å². The first-order valence-electron chi connectivity index (χ1n) is 6.88. The van der Waals surface area contributed by atoms with E-state index in [2.05, 4.69) is 24.1 Å². The maximum atomic E-state index is 11.8. The van der Waals surface area contributed by atoms with Crippen LogP contribution in [-0.4, -0.2) is 29.9 Å². The van der Waals surface area contributed by atoms with E-state index in [4.69, 9.17) is 5.73 Å². The SMILES string of the molecule is CCCNC(=O)CN(Cc1ccccc1N)C(C)C. The molecule has 0 aliphatic heterocycles. The van der Waals surface area contributed by atoms with E-state index in [1.54, 1.807) is 0 Å². The summed E-state index contributed by atoms with van der Waals surface area (Å²) in [6.45, 7) is 8.07. The summed E-state index contributed by atoms with van der Waals surface area (Å²) in [5, 5.41) is 2.91. The average Bonchev–Trinajstić information content (AvgIpc) is 2.38. The van der Waals surface area contributed by atoms with Crippen LogP contribution in [0.1, 0.15) is 32.8 Å². The van der Waals surface area contributed by atoms with Crippen molar-refractivity contribution in [2.24, 2.45) is 0 Å². The third-order valence-corrected chi connectivity index (χ3v) is 3.08. The number of para-hydroxylation sites is 1. The molecule has 19 heavy (non-hydrogen) atoms. The largest absolute Gasteiger partial charge is 0.398 e. The van der Waals surface area contributed by atoms with Crippen molar-refractivity contribution in [2.45, 2.75) is 39.8 Å². The quantitative estimate of drug-likeness (QED) is 0.740. The van der Waals surface area contributed by atoms with E-state index in [0.717, 1.165) is 24.2 Å². The highest BCUT2D eigenvalue weighted by molar-refractivity contribution is 5.78. The number of nitrogen functional groups attached to an aromatic ring is 1. The van der Waals surface area contributed by atoms with Crippen LogP contribution in [-0.2, 0) is 11.3 Å². The van der Waals surface area contributed by atoms with Crippen molar-refractivity contribution < 1.29 is 4.79 Å². The Morgan fingerprint density at radius 1 is 1.37 bits per heavy atom. The highest BCUT2D eigenvalue weighted by atomic mass is 16.2. The molecule has 1 amide bonds. The van der Waals surface area contributed by atoms with Crippen LogP contribution in [0.25, 0.3) is 0 Å². The first-order chi connectivity index (χ1) is 9.04. The number of nitrogens with one attached hydrogen (secondary N) is 1. The monoisotopic (exact) mass is 263 g/mol. The van der Waals surface area contributed by atoms with Gasteiger partial charge in [0.2, 0.25) is 5.91 Å². The van der Waals surface area contributed by atoms with Crippen LogP contribution in [0.2, 0.25) is 0 Å². The lowest BCUT2D eigenvalue weighted by Crippen LogP contribution is -2.40. The Balaban J connectivity index is 2.63. The number of anilines is 1. The zero-order chi connectivity index (χ0) is 14.3. The molecule has 4 nitrogen and oxygen atoms in total. The van der Waals surface area contributed by atoms with E-state index in [1.807, 2.05) is 31.2 Å². The fraction of sp³-hybridized carbons (Fsp3) is 0.533. The highest BCUT2D eigenvalue weighted by Crippen LogP contribution is 2.14. The van der Waals surface area contributed by atoms with Gasteiger partial charge < -0.3 is 11.1 Å². The third kappa shape index (κ3) is 5.30. The number of nitrogens with zero attached hydrogens (tertiary/aromatic N) is 1. The predicted octanol–water partition coefficient (Wildman–Crippen LogP) is 2.01. The van der Waals surface area contributed by atoms with E-state index in [-0.39, 0.29) is 5.91 Å². The van der Waals surface area contributed by atoms with E-state index in [0.29, 0.717) is 19.1 Å². The van der Waals surface area contributed by atoms with Gasteiger partial charge in [-0.15, -0.1) is 0 Å². The second kappa shape index (κ2) is 7.79. The molecule has 0 fully saturated rings. The molecule has 0 heterocycles. The van der Waals surface area contributed by atoms with Crippen LogP contribution in [0.3, 0.4) is 0 Å². The van der Waals surface area contributed by atoms with Crippen molar-refractivity contribution in [3.8, 4) is 0 Å². The van der Waals surface area contributed by atoms with Crippen LogP contribution in [0.15, 0.2) is 24.3 Å². The lowest BCUT2D eigenvalue weighted by molar-refractivity contribution is -0.122. The Hall–Kier alpha value is -1.55. The van der Waals surface area contributed by atoms with E-state index < -0.39 is 0 Å². The molecular weight excluding hydrogens is 238 g/mol. The van der Waals surface area contributed by atoms with Crippen molar-refractivity contribution in [3.63, 3.8) is 0 Å². The molecule has 1 aromatic rings. The summed E-state index contributed by atoms with van der Waals surface area (Å²) in [6.07, 6.45) is 0.957. The number of carbonyl (C=O) groups excluding carboxylic acids is 1. The molecular formula is C15H25N3O. The number of amides is 1. The molecule has 0 bridgehead atoms. The normalized spacial score (nSPS) is 11.0. The summed E-state index contributed by atoms with van der Waals surface area (Å²) < 4.78 is 0. The highest BCUT2D eigenvalue weighted by Gasteiger charge is 2.15. The van der Waals surface area contributed by atoms with Crippen LogP contribution in [0.4, 0.5) is 5.69 Å². The van der Waals surface area contributed by atoms with E-state index in [1.165, 1.54) is 0 Å². The second-order valence-corrected chi connectivity index (χ2v) is 5.05. The lowest BCUT2D eigenvalue weighted by Gasteiger charge is -2.26. The molecule has 0 radical (unpaired) electrons. The number of hydrogen-bond acceptors (Lipinski definition) is 3. The topological polar surface area (TPSA) is 58.4 Å². The molecule has 0 saturated heterocycles. The van der Waals surface area contributed by atoms with Gasteiger partial charge in [-0.2, -0.15) is 0 Å². The maximum absolute atomic E-state index is 11.8. The average molecular weight is 263 g/mol. The number of rotatable bonds is 7. The van der Waals surface area contributed by atoms with Gasteiger partial charge in [0, 0.05) is 24.8 Å². The van der Waals surface area contributed by atoms with Crippen LogP contribution in [0, 0.1) is 0 Å². The van der Waals surface area contributed by atoms with Crippen molar-refractivity contribution in [2.75, 3.05) is 18.8 Å². The van der Waals surface area contributed by atoms with Gasteiger partial charge in [-0.25, -0.2) is 0 Å². The Bertz CT molecular complexity index is 404. The molecule has 0 spiro atoms. The molecule has 106 valence electrons. The van der Waals surface area contributed by atoms with Gasteiger partial charge in [0.25, 0.3) is 0 Å².